The number of piperidine rings is 1. The second-order valence-electron chi connectivity index (χ2n) is 5.21. The SMILES string of the molecule is COC(=O)C1(C)CCCCN1N.Cc1cccc(F)c1. The van der Waals surface area contributed by atoms with Gasteiger partial charge in [0.05, 0.1) is 7.11 Å². The standard InChI is InChI=1S/C8H16N2O2.C7H7F/c1-8(7(11)12-2)5-3-4-6-10(8)9;1-6-3-2-4-7(8)5-6/h3-6,9H2,1-2H3;2-5H,1H3. The van der Waals surface area contributed by atoms with Crippen molar-refractivity contribution in [2.45, 2.75) is 38.6 Å². The molecule has 1 unspecified atom stereocenters. The second-order valence-corrected chi connectivity index (χ2v) is 5.21. The van der Waals surface area contributed by atoms with Gasteiger partial charge in [-0.2, -0.15) is 0 Å². The van der Waals surface area contributed by atoms with Gasteiger partial charge in [0, 0.05) is 6.54 Å². The van der Waals surface area contributed by atoms with Crippen LogP contribution < -0.4 is 5.84 Å². The minimum atomic E-state index is -0.604. The van der Waals surface area contributed by atoms with Crippen LogP contribution in [-0.2, 0) is 9.53 Å². The lowest BCUT2D eigenvalue weighted by atomic mass is 9.90. The van der Waals surface area contributed by atoms with Crippen LogP contribution in [0.5, 0.6) is 0 Å². The van der Waals surface area contributed by atoms with E-state index >= 15 is 0 Å². The fourth-order valence-corrected chi connectivity index (χ4v) is 2.19. The number of esters is 1. The van der Waals surface area contributed by atoms with E-state index in [4.69, 9.17) is 10.6 Å². The molecule has 0 saturated carbocycles. The van der Waals surface area contributed by atoms with Gasteiger partial charge in [-0.25, -0.2) is 9.40 Å². The Kier molecular flexibility index (Phi) is 6.10. The zero-order valence-corrected chi connectivity index (χ0v) is 12.4. The number of nitrogens with two attached hydrogens (primary N) is 1. The van der Waals surface area contributed by atoms with E-state index in [1.54, 1.807) is 11.1 Å². The molecule has 4 nitrogen and oxygen atoms in total. The van der Waals surface area contributed by atoms with Crippen molar-refractivity contribution >= 4 is 5.97 Å². The highest BCUT2D eigenvalue weighted by Crippen LogP contribution is 2.25. The third-order valence-electron chi connectivity index (χ3n) is 3.55. The van der Waals surface area contributed by atoms with E-state index in [0.717, 1.165) is 31.4 Å². The average molecular weight is 282 g/mol. The summed E-state index contributed by atoms with van der Waals surface area (Å²) in [6.45, 7) is 4.46. The summed E-state index contributed by atoms with van der Waals surface area (Å²) in [5, 5.41) is 1.59. The normalized spacial score (nSPS) is 22.6. The molecule has 0 spiro atoms. The highest BCUT2D eigenvalue weighted by atomic mass is 19.1. The number of carbonyl (C=O) groups is 1. The number of hydrogen-bond donors (Lipinski definition) is 1. The summed E-state index contributed by atoms with van der Waals surface area (Å²) in [6.07, 6.45) is 2.89. The molecule has 2 rings (SSSR count). The molecular weight excluding hydrogens is 259 g/mol. The Labute approximate surface area is 119 Å². The number of ether oxygens (including phenoxy) is 1. The Morgan fingerprint density at radius 1 is 1.45 bits per heavy atom. The zero-order chi connectivity index (χ0) is 15.2. The van der Waals surface area contributed by atoms with Gasteiger partial charge < -0.3 is 4.74 Å². The molecule has 0 aromatic heterocycles. The Balaban J connectivity index is 0.000000217. The van der Waals surface area contributed by atoms with E-state index in [-0.39, 0.29) is 11.8 Å². The van der Waals surface area contributed by atoms with Crippen LogP contribution in [0.1, 0.15) is 31.7 Å². The molecule has 112 valence electrons. The van der Waals surface area contributed by atoms with Crippen molar-refractivity contribution < 1.29 is 13.9 Å². The van der Waals surface area contributed by atoms with Gasteiger partial charge in [0.25, 0.3) is 0 Å². The fraction of sp³-hybridized carbons (Fsp3) is 0.533. The van der Waals surface area contributed by atoms with Crippen LogP contribution in [0.25, 0.3) is 0 Å². The fourth-order valence-electron chi connectivity index (χ4n) is 2.19. The van der Waals surface area contributed by atoms with Crippen LogP contribution in [0.2, 0.25) is 0 Å². The van der Waals surface area contributed by atoms with Crippen molar-refractivity contribution in [2.24, 2.45) is 5.84 Å². The van der Waals surface area contributed by atoms with Gasteiger partial charge in [-0.1, -0.05) is 12.1 Å². The van der Waals surface area contributed by atoms with Crippen LogP contribution in [0.15, 0.2) is 24.3 Å². The first-order valence-corrected chi connectivity index (χ1v) is 6.73. The number of hydrogen-bond acceptors (Lipinski definition) is 4. The van der Waals surface area contributed by atoms with Gasteiger partial charge in [-0.3, -0.25) is 10.6 Å². The van der Waals surface area contributed by atoms with Gasteiger partial charge in [0.15, 0.2) is 0 Å². The van der Waals surface area contributed by atoms with E-state index in [0.29, 0.717) is 0 Å². The van der Waals surface area contributed by atoms with E-state index < -0.39 is 5.54 Å². The van der Waals surface area contributed by atoms with Crippen molar-refractivity contribution in [1.82, 2.24) is 5.01 Å². The quantitative estimate of drug-likeness (QED) is 0.635. The number of rotatable bonds is 1. The van der Waals surface area contributed by atoms with E-state index in [1.807, 2.05) is 19.9 Å². The van der Waals surface area contributed by atoms with Crippen molar-refractivity contribution in [2.75, 3.05) is 13.7 Å². The number of halogens is 1. The maximum absolute atomic E-state index is 12.2. The topological polar surface area (TPSA) is 55.6 Å². The summed E-state index contributed by atoms with van der Waals surface area (Å²) in [6, 6.07) is 6.50. The van der Waals surface area contributed by atoms with Gasteiger partial charge in [-0.05, 0) is 50.8 Å². The minimum absolute atomic E-state index is 0.162. The molecule has 1 heterocycles. The van der Waals surface area contributed by atoms with Crippen LogP contribution in [0.4, 0.5) is 4.39 Å². The lowest BCUT2D eigenvalue weighted by Crippen LogP contribution is -2.58. The van der Waals surface area contributed by atoms with Crippen LogP contribution in [0.3, 0.4) is 0 Å². The summed E-state index contributed by atoms with van der Waals surface area (Å²) >= 11 is 0. The molecule has 1 aliphatic rings. The second kappa shape index (κ2) is 7.36. The van der Waals surface area contributed by atoms with Crippen molar-refractivity contribution in [3.8, 4) is 0 Å². The molecule has 0 bridgehead atoms. The highest BCUT2D eigenvalue weighted by molar-refractivity contribution is 5.80. The third-order valence-corrected chi connectivity index (χ3v) is 3.55. The molecule has 1 atom stereocenters. The maximum atomic E-state index is 12.2. The summed E-state index contributed by atoms with van der Waals surface area (Å²) in [5.41, 5.74) is 0.359. The first-order valence-electron chi connectivity index (χ1n) is 6.73. The van der Waals surface area contributed by atoms with Crippen molar-refractivity contribution in [3.05, 3.63) is 35.6 Å². The summed E-state index contributed by atoms with van der Waals surface area (Å²) in [4.78, 5) is 11.4. The van der Waals surface area contributed by atoms with Gasteiger partial charge >= 0.3 is 5.97 Å². The molecule has 2 N–H and O–H groups in total. The summed E-state index contributed by atoms with van der Waals surface area (Å²) < 4.78 is 16.9. The number of carbonyl (C=O) groups excluding carboxylic acids is 1. The third kappa shape index (κ3) is 4.28. The summed E-state index contributed by atoms with van der Waals surface area (Å²) in [5.74, 6) is 5.33. The molecule has 0 radical (unpaired) electrons. The number of benzene rings is 1. The molecule has 1 aromatic rings. The van der Waals surface area contributed by atoms with Gasteiger partial charge in [0.1, 0.15) is 11.4 Å². The molecule has 20 heavy (non-hydrogen) atoms. The van der Waals surface area contributed by atoms with Crippen molar-refractivity contribution in [3.63, 3.8) is 0 Å². The molecule has 1 aliphatic heterocycles. The minimum Gasteiger partial charge on any atom is -0.468 e. The van der Waals surface area contributed by atoms with Crippen LogP contribution in [0, 0.1) is 12.7 Å². The first-order chi connectivity index (χ1) is 9.40. The number of aryl methyl sites for hydroxylation is 1. The van der Waals surface area contributed by atoms with E-state index in [1.165, 1.54) is 19.2 Å². The molecule has 1 aromatic carbocycles. The van der Waals surface area contributed by atoms with Gasteiger partial charge in [-0.15, -0.1) is 0 Å². The Hall–Kier alpha value is -1.46. The Morgan fingerprint density at radius 3 is 2.60 bits per heavy atom. The monoisotopic (exact) mass is 282 g/mol. The highest BCUT2D eigenvalue weighted by Gasteiger charge is 2.40. The lowest BCUT2D eigenvalue weighted by molar-refractivity contribution is -0.156. The average Bonchev–Trinajstić information content (AvgIpc) is 2.41. The Bertz CT molecular complexity index is 436. The van der Waals surface area contributed by atoms with Crippen molar-refractivity contribution in [1.29, 1.82) is 0 Å². The molecule has 0 aliphatic carbocycles. The predicted octanol–water partition coefficient (Wildman–Crippen LogP) is 2.41. The van der Waals surface area contributed by atoms with E-state index in [9.17, 15) is 9.18 Å². The molecule has 5 heteroatoms. The van der Waals surface area contributed by atoms with Crippen LogP contribution in [-0.4, -0.2) is 30.2 Å². The predicted molar refractivity (Wildman–Crippen MR) is 76.3 cm³/mol. The molecule has 1 saturated heterocycles. The number of methoxy groups -OCH3 is 1. The molecule has 0 amide bonds. The number of hydrazine groups is 1. The molecule has 1 fully saturated rings. The smallest absolute Gasteiger partial charge is 0.327 e. The molecular formula is C15H23FN2O2. The number of nitrogens with zero attached hydrogens (tertiary/aromatic N) is 1. The summed E-state index contributed by atoms with van der Waals surface area (Å²) in [7, 11) is 1.40. The first kappa shape index (κ1) is 16.6. The largest absolute Gasteiger partial charge is 0.468 e. The van der Waals surface area contributed by atoms with Gasteiger partial charge in [0.2, 0.25) is 0 Å². The zero-order valence-electron chi connectivity index (χ0n) is 12.4. The van der Waals surface area contributed by atoms with E-state index in [2.05, 4.69) is 0 Å². The maximum Gasteiger partial charge on any atom is 0.327 e. The van der Waals surface area contributed by atoms with Crippen LogP contribution >= 0.6 is 0 Å². The lowest BCUT2D eigenvalue weighted by Gasteiger charge is -2.39. The Morgan fingerprint density at radius 2 is 2.15 bits per heavy atom.